The van der Waals surface area contributed by atoms with Crippen LogP contribution >= 0.6 is 0 Å². The maximum Gasteiger partial charge on any atom is 0.123 e. The van der Waals surface area contributed by atoms with Crippen LogP contribution in [0.15, 0.2) is 18.2 Å². The zero-order valence-electron chi connectivity index (χ0n) is 7.26. The van der Waals surface area contributed by atoms with Crippen molar-refractivity contribution in [2.75, 3.05) is 13.2 Å². The molecular formula is C10H12FNO. The second-order valence-corrected chi connectivity index (χ2v) is 3.28. The van der Waals surface area contributed by atoms with E-state index in [-0.39, 0.29) is 18.5 Å². The molecule has 1 aliphatic rings. The summed E-state index contributed by atoms with van der Waals surface area (Å²) in [6, 6.07) is 4.68. The summed E-state index contributed by atoms with van der Waals surface area (Å²) in [6.07, 6.45) is 0.909. The van der Waals surface area contributed by atoms with Gasteiger partial charge in [-0.3, -0.25) is 0 Å². The first-order chi connectivity index (χ1) is 6.31. The summed E-state index contributed by atoms with van der Waals surface area (Å²) in [4.78, 5) is 0. The van der Waals surface area contributed by atoms with Gasteiger partial charge in [0.15, 0.2) is 0 Å². The summed E-state index contributed by atoms with van der Waals surface area (Å²) >= 11 is 0. The second-order valence-electron chi connectivity index (χ2n) is 3.28. The Morgan fingerprint density at radius 3 is 3.15 bits per heavy atom. The molecule has 0 amide bonds. The Balaban J connectivity index is 2.41. The van der Waals surface area contributed by atoms with E-state index in [9.17, 15) is 4.39 Å². The molecule has 2 N–H and O–H groups in total. The fourth-order valence-electron chi connectivity index (χ4n) is 1.77. The summed E-state index contributed by atoms with van der Waals surface area (Å²) < 4.78 is 12.9. The van der Waals surface area contributed by atoms with Gasteiger partial charge in [-0.1, -0.05) is 6.07 Å². The molecule has 0 aliphatic carbocycles. The smallest absolute Gasteiger partial charge is 0.123 e. The number of rotatable bonds is 1. The van der Waals surface area contributed by atoms with Gasteiger partial charge in [-0.05, 0) is 36.2 Å². The van der Waals surface area contributed by atoms with E-state index in [4.69, 9.17) is 5.11 Å². The van der Waals surface area contributed by atoms with Gasteiger partial charge in [-0.15, -0.1) is 0 Å². The average molecular weight is 181 g/mol. The van der Waals surface area contributed by atoms with Crippen LogP contribution in [-0.4, -0.2) is 18.3 Å². The highest BCUT2D eigenvalue weighted by atomic mass is 19.1. The van der Waals surface area contributed by atoms with Crippen LogP contribution in [0.25, 0.3) is 0 Å². The minimum Gasteiger partial charge on any atom is -0.394 e. The Hall–Kier alpha value is -0.930. The molecule has 0 fully saturated rings. The first-order valence-corrected chi connectivity index (χ1v) is 4.44. The van der Waals surface area contributed by atoms with Crippen LogP contribution in [0.3, 0.4) is 0 Å². The molecule has 0 spiro atoms. The number of halogens is 1. The molecule has 0 saturated carbocycles. The molecule has 0 aromatic heterocycles. The predicted molar refractivity (Wildman–Crippen MR) is 47.9 cm³/mol. The average Bonchev–Trinajstić information content (AvgIpc) is 2.17. The van der Waals surface area contributed by atoms with Crippen molar-refractivity contribution in [2.45, 2.75) is 12.5 Å². The lowest BCUT2D eigenvalue weighted by atomic mass is 9.95. The zero-order chi connectivity index (χ0) is 9.26. The van der Waals surface area contributed by atoms with E-state index in [2.05, 4.69) is 5.32 Å². The van der Waals surface area contributed by atoms with Crippen molar-refractivity contribution in [1.29, 1.82) is 0 Å². The molecule has 1 heterocycles. The highest BCUT2D eigenvalue weighted by Crippen LogP contribution is 2.22. The second kappa shape index (κ2) is 3.44. The largest absolute Gasteiger partial charge is 0.394 e. The summed E-state index contributed by atoms with van der Waals surface area (Å²) in [7, 11) is 0. The predicted octanol–water partition coefficient (Wildman–Crippen LogP) is 1.00. The van der Waals surface area contributed by atoms with Gasteiger partial charge < -0.3 is 10.4 Å². The van der Waals surface area contributed by atoms with Gasteiger partial charge in [-0.25, -0.2) is 4.39 Å². The quantitative estimate of drug-likeness (QED) is 0.677. The van der Waals surface area contributed by atoms with Crippen molar-refractivity contribution in [3.05, 3.63) is 35.1 Å². The van der Waals surface area contributed by atoms with Crippen molar-refractivity contribution >= 4 is 0 Å². The van der Waals surface area contributed by atoms with Crippen molar-refractivity contribution in [1.82, 2.24) is 5.32 Å². The molecular weight excluding hydrogens is 169 g/mol. The third-order valence-corrected chi connectivity index (χ3v) is 2.45. The molecule has 1 atom stereocenters. The Morgan fingerprint density at radius 1 is 1.54 bits per heavy atom. The lowest BCUT2D eigenvalue weighted by molar-refractivity contribution is 0.240. The van der Waals surface area contributed by atoms with Crippen LogP contribution in [0.2, 0.25) is 0 Å². The standard InChI is InChI=1S/C10H12FNO/c11-8-2-1-7-3-4-12-10(6-13)9(7)5-8/h1-2,5,10,12-13H,3-4,6H2. The number of hydrogen-bond donors (Lipinski definition) is 2. The molecule has 1 aromatic rings. The van der Waals surface area contributed by atoms with Crippen LogP contribution in [0.1, 0.15) is 17.2 Å². The molecule has 1 aliphatic heterocycles. The Bertz CT molecular complexity index is 314. The van der Waals surface area contributed by atoms with Crippen LogP contribution in [0.4, 0.5) is 4.39 Å². The zero-order valence-corrected chi connectivity index (χ0v) is 7.26. The summed E-state index contributed by atoms with van der Waals surface area (Å²) in [5, 5.41) is 12.2. The van der Waals surface area contributed by atoms with E-state index in [0.29, 0.717) is 0 Å². The van der Waals surface area contributed by atoms with Crippen molar-refractivity contribution < 1.29 is 9.50 Å². The Kier molecular flexibility index (Phi) is 2.29. The van der Waals surface area contributed by atoms with Crippen molar-refractivity contribution in [3.8, 4) is 0 Å². The van der Waals surface area contributed by atoms with Gasteiger partial charge in [0.1, 0.15) is 5.82 Å². The number of hydrogen-bond acceptors (Lipinski definition) is 2. The molecule has 2 rings (SSSR count). The molecule has 1 unspecified atom stereocenters. The summed E-state index contributed by atoms with van der Waals surface area (Å²) in [5.41, 5.74) is 2.04. The van der Waals surface area contributed by atoms with Gasteiger partial charge in [-0.2, -0.15) is 0 Å². The van der Waals surface area contributed by atoms with Crippen LogP contribution in [0.5, 0.6) is 0 Å². The molecule has 0 bridgehead atoms. The molecule has 1 aromatic carbocycles. The number of fused-ring (bicyclic) bond motifs is 1. The van der Waals surface area contributed by atoms with Gasteiger partial charge in [0.25, 0.3) is 0 Å². The number of aliphatic hydroxyl groups is 1. The molecule has 13 heavy (non-hydrogen) atoms. The highest BCUT2D eigenvalue weighted by Gasteiger charge is 2.18. The summed E-state index contributed by atoms with van der Waals surface area (Å²) in [5.74, 6) is -0.235. The van der Waals surface area contributed by atoms with E-state index in [0.717, 1.165) is 24.1 Å². The third-order valence-electron chi connectivity index (χ3n) is 2.45. The Morgan fingerprint density at radius 2 is 2.38 bits per heavy atom. The fraction of sp³-hybridized carbons (Fsp3) is 0.400. The number of benzene rings is 1. The maximum atomic E-state index is 12.9. The minimum absolute atomic E-state index is 0.0243. The topological polar surface area (TPSA) is 32.3 Å². The monoisotopic (exact) mass is 181 g/mol. The van der Waals surface area contributed by atoms with Gasteiger partial charge >= 0.3 is 0 Å². The Labute approximate surface area is 76.4 Å². The third kappa shape index (κ3) is 1.57. The van der Waals surface area contributed by atoms with E-state index in [1.54, 1.807) is 6.07 Å². The first kappa shape index (κ1) is 8.66. The first-order valence-electron chi connectivity index (χ1n) is 4.44. The number of nitrogens with one attached hydrogen (secondary N) is 1. The van der Waals surface area contributed by atoms with E-state index < -0.39 is 0 Å². The van der Waals surface area contributed by atoms with Crippen LogP contribution in [-0.2, 0) is 6.42 Å². The van der Waals surface area contributed by atoms with E-state index in [1.807, 2.05) is 0 Å². The van der Waals surface area contributed by atoms with E-state index >= 15 is 0 Å². The molecule has 0 radical (unpaired) electrons. The van der Waals surface area contributed by atoms with Crippen LogP contribution < -0.4 is 5.32 Å². The highest BCUT2D eigenvalue weighted by molar-refractivity contribution is 5.33. The van der Waals surface area contributed by atoms with Gasteiger partial charge in [0, 0.05) is 0 Å². The molecule has 70 valence electrons. The lowest BCUT2D eigenvalue weighted by Crippen LogP contribution is -2.32. The normalized spacial score (nSPS) is 21.2. The molecule has 0 saturated heterocycles. The molecule has 3 heteroatoms. The van der Waals surface area contributed by atoms with E-state index in [1.165, 1.54) is 12.1 Å². The SMILES string of the molecule is OCC1NCCc2ccc(F)cc21. The lowest BCUT2D eigenvalue weighted by Gasteiger charge is -2.25. The van der Waals surface area contributed by atoms with Crippen molar-refractivity contribution in [3.63, 3.8) is 0 Å². The summed E-state index contributed by atoms with van der Waals surface area (Å²) in [6.45, 7) is 0.875. The van der Waals surface area contributed by atoms with Crippen molar-refractivity contribution in [2.24, 2.45) is 0 Å². The van der Waals surface area contributed by atoms with Gasteiger partial charge in [0.05, 0.1) is 12.6 Å². The molecule has 2 nitrogen and oxygen atoms in total. The minimum atomic E-state index is -0.235. The maximum absolute atomic E-state index is 12.9. The fourth-order valence-corrected chi connectivity index (χ4v) is 1.77. The van der Waals surface area contributed by atoms with Gasteiger partial charge in [0.2, 0.25) is 0 Å². The number of aliphatic hydroxyl groups excluding tert-OH is 1. The van der Waals surface area contributed by atoms with Crippen LogP contribution in [0, 0.1) is 5.82 Å².